The first-order valence-electron chi connectivity index (χ1n) is 9.26. The lowest BCUT2D eigenvalue weighted by molar-refractivity contribution is 0.688. The molecule has 1 heterocycles. The Kier molecular flexibility index (Phi) is 5.13. The zero-order chi connectivity index (χ0) is 17.6. The quantitative estimate of drug-likeness (QED) is 0.451. The number of hydrogen-bond acceptors (Lipinski definition) is 1. The van der Waals surface area contributed by atoms with E-state index in [1.807, 2.05) is 0 Å². The van der Waals surface area contributed by atoms with Crippen LogP contribution in [0.1, 0.15) is 22.3 Å². The molecule has 0 spiro atoms. The summed E-state index contributed by atoms with van der Waals surface area (Å²) in [6.45, 7) is 1.88. The molecule has 130 valence electrons. The SMILES string of the molecule is c1ccc(Cc2cccc(CNCCc3c[nH]c4ccccc34)c2)cc1. The van der Waals surface area contributed by atoms with Gasteiger partial charge in [-0.1, -0.05) is 72.8 Å². The lowest BCUT2D eigenvalue weighted by Gasteiger charge is -2.07. The Balaban J connectivity index is 1.31. The van der Waals surface area contributed by atoms with Gasteiger partial charge >= 0.3 is 0 Å². The average molecular weight is 340 g/mol. The Bertz CT molecular complexity index is 970. The van der Waals surface area contributed by atoms with Crippen molar-refractivity contribution in [3.63, 3.8) is 0 Å². The Morgan fingerprint density at radius 1 is 0.731 bits per heavy atom. The first-order chi connectivity index (χ1) is 12.9. The monoisotopic (exact) mass is 340 g/mol. The summed E-state index contributed by atoms with van der Waals surface area (Å²) in [6, 6.07) is 28.0. The molecule has 1 aromatic heterocycles. The molecule has 0 aliphatic carbocycles. The molecule has 26 heavy (non-hydrogen) atoms. The predicted octanol–water partition coefficient (Wildman–Crippen LogP) is 5.09. The average Bonchev–Trinajstić information content (AvgIpc) is 3.10. The first kappa shape index (κ1) is 16.6. The van der Waals surface area contributed by atoms with Gasteiger partial charge in [-0.3, -0.25) is 0 Å². The second-order valence-corrected chi connectivity index (χ2v) is 6.77. The molecular weight excluding hydrogens is 316 g/mol. The summed E-state index contributed by atoms with van der Waals surface area (Å²) in [7, 11) is 0. The van der Waals surface area contributed by atoms with Crippen molar-refractivity contribution in [2.45, 2.75) is 19.4 Å². The van der Waals surface area contributed by atoms with Gasteiger partial charge in [0, 0.05) is 23.6 Å². The van der Waals surface area contributed by atoms with Crippen LogP contribution in [0.15, 0.2) is 85.1 Å². The fraction of sp³-hybridized carbons (Fsp3) is 0.167. The Labute approximate surface area is 154 Å². The van der Waals surface area contributed by atoms with Crippen LogP contribution < -0.4 is 5.32 Å². The normalized spacial score (nSPS) is 11.1. The van der Waals surface area contributed by atoms with Crippen LogP contribution in [0.4, 0.5) is 0 Å². The largest absolute Gasteiger partial charge is 0.361 e. The van der Waals surface area contributed by atoms with Crippen molar-refractivity contribution in [2.75, 3.05) is 6.54 Å². The Morgan fingerprint density at radius 3 is 2.42 bits per heavy atom. The van der Waals surface area contributed by atoms with Crippen molar-refractivity contribution in [3.05, 3.63) is 107 Å². The molecule has 0 saturated carbocycles. The van der Waals surface area contributed by atoms with Crippen LogP contribution in [0.25, 0.3) is 10.9 Å². The van der Waals surface area contributed by atoms with Gasteiger partial charge in [-0.25, -0.2) is 0 Å². The number of aromatic nitrogens is 1. The van der Waals surface area contributed by atoms with Crippen molar-refractivity contribution >= 4 is 10.9 Å². The maximum Gasteiger partial charge on any atom is 0.0456 e. The number of H-pyrrole nitrogens is 1. The molecule has 3 aromatic carbocycles. The Hall–Kier alpha value is -2.84. The first-order valence-corrected chi connectivity index (χ1v) is 9.26. The highest BCUT2D eigenvalue weighted by molar-refractivity contribution is 5.83. The third-order valence-electron chi connectivity index (χ3n) is 4.82. The maximum atomic E-state index is 3.58. The third kappa shape index (κ3) is 4.04. The van der Waals surface area contributed by atoms with Crippen LogP contribution in [0.3, 0.4) is 0 Å². The van der Waals surface area contributed by atoms with E-state index in [4.69, 9.17) is 0 Å². The number of benzene rings is 3. The maximum absolute atomic E-state index is 3.58. The third-order valence-corrected chi connectivity index (χ3v) is 4.82. The molecule has 2 nitrogen and oxygen atoms in total. The van der Waals surface area contributed by atoms with Crippen molar-refractivity contribution in [2.24, 2.45) is 0 Å². The number of aromatic amines is 1. The van der Waals surface area contributed by atoms with Gasteiger partial charge in [0.05, 0.1) is 0 Å². The molecule has 0 saturated heterocycles. The molecule has 0 aliphatic heterocycles. The summed E-state index contributed by atoms with van der Waals surface area (Å²) < 4.78 is 0. The molecule has 0 unspecified atom stereocenters. The second kappa shape index (κ2) is 8.03. The highest BCUT2D eigenvalue weighted by Crippen LogP contribution is 2.17. The van der Waals surface area contributed by atoms with Gasteiger partial charge in [0.1, 0.15) is 0 Å². The standard InChI is InChI=1S/C24H24N2/c1-2-7-19(8-3-1)15-20-9-6-10-21(16-20)17-25-14-13-22-18-26-24-12-5-4-11-23(22)24/h1-12,16,18,25-26H,13-15,17H2. The summed E-state index contributed by atoms with van der Waals surface area (Å²) in [5.41, 5.74) is 6.67. The van der Waals surface area contributed by atoms with Crippen LogP contribution in [0.5, 0.6) is 0 Å². The van der Waals surface area contributed by atoms with Gasteiger partial charge in [0.2, 0.25) is 0 Å². The topological polar surface area (TPSA) is 27.8 Å². The number of hydrogen-bond donors (Lipinski definition) is 2. The number of para-hydroxylation sites is 1. The highest BCUT2D eigenvalue weighted by Gasteiger charge is 2.03. The van der Waals surface area contributed by atoms with E-state index in [0.717, 1.165) is 25.9 Å². The number of fused-ring (bicyclic) bond motifs is 1. The van der Waals surface area contributed by atoms with Crippen LogP contribution in [-0.4, -0.2) is 11.5 Å². The van der Waals surface area contributed by atoms with Crippen LogP contribution >= 0.6 is 0 Å². The molecule has 0 amide bonds. The van der Waals surface area contributed by atoms with E-state index >= 15 is 0 Å². The fourth-order valence-corrected chi connectivity index (χ4v) is 3.48. The predicted molar refractivity (Wildman–Crippen MR) is 109 cm³/mol. The van der Waals surface area contributed by atoms with Crippen molar-refractivity contribution in [1.29, 1.82) is 0 Å². The fourth-order valence-electron chi connectivity index (χ4n) is 3.48. The number of nitrogens with one attached hydrogen (secondary N) is 2. The Morgan fingerprint density at radius 2 is 1.50 bits per heavy atom. The van der Waals surface area contributed by atoms with Crippen LogP contribution in [0.2, 0.25) is 0 Å². The molecule has 0 atom stereocenters. The zero-order valence-corrected chi connectivity index (χ0v) is 14.9. The number of rotatable bonds is 7. The van der Waals surface area contributed by atoms with E-state index in [2.05, 4.69) is 95.4 Å². The van der Waals surface area contributed by atoms with Gasteiger partial charge in [-0.2, -0.15) is 0 Å². The van der Waals surface area contributed by atoms with Gasteiger partial charge in [-0.05, 0) is 47.7 Å². The molecule has 0 aliphatic rings. The zero-order valence-electron chi connectivity index (χ0n) is 14.9. The van der Waals surface area contributed by atoms with E-state index in [1.165, 1.54) is 33.2 Å². The minimum absolute atomic E-state index is 0.908. The summed E-state index contributed by atoms with van der Waals surface area (Å²) in [5.74, 6) is 0. The van der Waals surface area contributed by atoms with Crippen LogP contribution in [-0.2, 0) is 19.4 Å². The van der Waals surface area contributed by atoms with Gasteiger partial charge < -0.3 is 10.3 Å². The molecular formula is C24H24N2. The van der Waals surface area contributed by atoms with E-state index in [-0.39, 0.29) is 0 Å². The lowest BCUT2D eigenvalue weighted by Crippen LogP contribution is -2.16. The van der Waals surface area contributed by atoms with Crippen molar-refractivity contribution < 1.29 is 0 Å². The van der Waals surface area contributed by atoms with Crippen LogP contribution in [0, 0.1) is 0 Å². The van der Waals surface area contributed by atoms with Crippen molar-refractivity contribution in [3.8, 4) is 0 Å². The van der Waals surface area contributed by atoms with Crippen molar-refractivity contribution in [1.82, 2.24) is 10.3 Å². The summed E-state index contributed by atoms with van der Waals surface area (Å²) in [4.78, 5) is 3.35. The molecule has 2 heteroatoms. The van der Waals surface area contributed by atoms with E-state index in [0.29, 0.717) is 0 Å². The molecule has 0 radical (unpaired) electrons. The molecule has 4 rings (SSSR count). The molecule has 4 aromatic rings. The summed E-state index contributed by atoms with van der Waals surface area (Å²) in [6.07, 6.45) is 4.16. The highest BCUT2D eigenvalue weighted by atomic mass is 14.8. The smallest absolute Gasteiger partial charge is 0.0456 e. The summed E-state index contributed by atoms with van der Waals surface area (Å²) >= 11 is 0. The van der Waals surface area contributed by atoms with E-state index < -0.39 is 0 Å². The van der Waals surface area contributed by atoms with Gasteiger partial charge in [0.15, 0.2) is 0 Å². The lowest BCUT2D eigenvalue weighted by atomic mass is 10.0. The second-order valence-electron chi connectivity index (χ2n) is 6.77. The van der Waals surface area contributed by atoms with E-state index in [1.54, 1.807) is 0 Å². The summed E-state index contributed by atoms with van der Waals surface area (Å²) in [5, 5.41) is 4.91. The molecule has 0 bridgehead atoms. The molecule has 0 fully saturated rings. The van der Waals surface area contributed by atoms with Gasteiger partial charge in [0.25, 0.3) is 0 Å². The molecule has 2 N–H and O–H groups in total. The minimum atomic E-state index is 0.908. The van der Waals surface area contributed by atoms with E-state index in [9.17, 15) is 0 Å². The minimum Gasteiger partial charge on any atom is -0.361 e. The van der Waals surface area contributed by atoms with Gasteiger partial charge in [-0.15, -0.1) is 0 Å².